The third-order valence-electron chi connectivity index (χ3n) is 2.18. The van der Waals surface area contributed by atoms with Gasteiger partial charge in [0.1, 0.15) is 18.6 Å². The highest BCUT2D eigenvalue weighted by Crippen LogP contribution is 2.10. The van der Waals surface area contributed by atoms with Crippen molar-refractivity contribution in [3.63, 3.8) is 0 Å². The average molecular weight is 277 g/mol. The number of carbonyl (C=O) groups excluding carboxylic acids is 3. The molecule has 20 heavy (non-hydrogen) atoms. The Balaban J connectivity index is 2.27. The molecule has 0 atom stereocenters. The smallest absolute Gasteiger partial charge is 0.412 e. The fourth-order valence-electron chi connectivity index (χ4n) is 1.18. The van der Waals surface area contributed by atoms with E-state index in [0.29, 0.717) is 23.2 Å². The topological polar surface area (TPSA) is 81.7 Å². The van der Waals surface area contributed by atoms with E-state index in [1.807, 2.05) is 0 Å². The van der Waals surface area contributed by atoms with Gasteiger partial charge in [-0.1, -0.05) is 6.58 Å². The van der Waals surface area contributed by atoms with Crippen LogP contribution in [0, 0.1) is 0 Å². The van der Waals surface area contributed by atoms with Crippen LogP contribution in [0.3, 0.4) is 0 Å². The normalized spacial score (nSPS) is 9.45. The maximum atomic E-state index is 11.4. The predicted octanol–water partition coefficient (Wildman–Crippen LogP) is 1.71. The summed E-state index contributed by atoms with van der Waals surface area (Å²) in [5.41, 5.74) is 0.785. The summed E-state index contributed by atoms with van der Waals surface area (Å²) in [5.74, 6) is -0.198. The van der Waals surface area contributed by atoms with E-state index in [2.05, 4.69) is 11.9 Å². The van der Waals surface area contributed by atoms with E-state index < -0.39 is 12.1 Å². The number of nitrogens with one attached hydrogen (secondary N) is 1. The zero-order valence-corrected chi connectivity index (χ0v) is 11.0. The fourth-order valence-corrected chi connectivity index (χ4v) is 1.18. The van der Waals surface area contributed by atoms with Gasteiger partial charge in [-0.05, 0) is 31.2 Å². The Morgan fingerprint density at radius 1 is 1.30 bits per heavy atom. The van der Waals surface area contributed by atoms with Crippen LogP contribution in [0.25, 0.3) is 0 Å². The molecule has 0 aromatic heterocycles. The number of carbonyl (C=O) groups is 3. The predicted molar refractivity (Wildman–Crippen MR) is 71.6 cm³/mol. The lowest BCUT2D eigenvalue weighted by atomic mass is 10.2. The highest BCUT2D eigenvalue weighted by Gasteiger charge is 2.05. The highest BCUT2D eigenvalue weighted by molar-refractivity contribution is 5.86. The standard InChI is InChI=1S/C14H15NO5/c1-10(2)13(17)19-8-7-15-14(18)20-12-5-3-11(9-16)4-6-12/h3-6,9H,1,7-8H2,2H3,(H,15,18). The minimum absolute atomic E-state index is 0.0326. The highest BCUT2D eigenvalue weighted by atomic mass is 16.6. The van der Waals surface area contributed by atoms with E-state index in [1.54, 1.807) is 0 Å². The first kappa shape index (κ1) is 15.4. The molecule has 6 heteroatoms. The van der Waals surface area contributed by atoms with E-state index in [4.69, 9.17) is 9.47 Å². The molecule has 1 rings (SSSR count). The molecular formula is C14H15NO5. The fraction of sp³-hybridized carbons (Fsp3) is 0.214. The molecule has 0 radical (unpaired) electrons. The second-order valence-electron chi connectivity index (χ2n) is 3.92. The van der Waals surface area contributed by atoms with Crippen molar-refractivity contribution < 1.29 is 23.9 Å². The van der Waals surface area contributed by atoms with Gasteiger partial charge in [-0.25, -0.2) is 9.59 Å². The van der Waals surface area contributed by atoms with Crippen molar-refractivity contribution in [3.05, 3.63) is 42.0 Å². The summed E-state index contributed by atoms with van der Waals surface area (Å²) in [6.45, 7) is 5.12. The molecule has 106 valence electrons. The third kappa shape index (κ3) is 5.34. The summed E-state index contributed by atoms with van der Waals surface area (Å²) in [6.07, 6.45) is 0.0232. The Morgan fingerprint density at radius 2 is 1.95 bits per heavy atom. The summed E-state index contributed by atoms with van der Waals surface area (Å²) < 4.78 is 9.73. The molecular weight excluding hydrogens is 262 g/mol. The number of benzene rings is 1. The number of rotatable bonds is 6. The molecule has 0 heterocycles. The van der Waals surface area contributed by atoms with Gasteiger partial charge in [-0.15, -0.1) is 0 Å². The molecule has 0 aliphatic heterocycles. The number of aldehydes is 1. The lowest BCUT2D eigenvalue weighted by molar-refractivity contribution is -0.138. The zero-order chi connectivity index (χ0) is 15.0. The number of amides is 1. The van der Waals surface area contributed by atoms with E-state index in [-0.39, 0.29) is 13.2 Å². The summed E-state index contributed by atoms with van der Waals surface area (Å²) in [5, 5.41) is 2.42. The van der Waals surface area contributed by atoms with Gasteiger partial charge in [0.05, 0.1) is 6.54 Å². The van der Waals surface area contributed by atoms with E-state index in [9.17, 15) is 14.4 Å². The minimum atomic E-state index is -0.671. The van der Waals surface area contributed by atoms with Crippen LogP contribution >= 0.6 is 0 Å². The van der Waals surface area contributed by atoms with Crippen molar-refractivity contribution in [3.8, 4) is 5.75 Å². The Bertz CT molecular complexity index is 507. The summed E-state index contributed by atoms with van der Waals surface area (Å²) in [4.78, 5) is 32.9. The Hall–Kier alpha value is -2.63. The molecule has 0 aliphatic rings. The zero-order valence-electron chi connectivity index (χ0n) is 11.0. The summed E-state index contributed by atoms with van der Waals surface area (Å²) >= 11 is 0. The lowest BCUT2D eigenvalue weighted by Crippen LogP contribution is -2.30. The molecule has 1 N–H and O–H groups in total. The third-order valence-corrected chi connectivity index (χ3v) is 2.18. The summed E-state index contributed by atoms with van der Waals surface area (Å²) in [7, 11) is 0. The monoisotopic (exact) mass is 277 g/mol. The molecule has 1 aromatic rings. The molecule has 0 saturated heterocycles. The first-order valence-electron chi connectivity index (χ1n) is 5.86. The molecule has 0 saturated carbocycles. The van der Waals surface area contributed by atoms with Gasteiger partial charge >= 0.3 is 12.1 Å². The van der Waals surface area contributed by atoms with Crippen molar-refractivity contribution >= 4 is 18.3 Å². The quantitative estimate of drug-likeness (QED) is 0.370. The molecule has 1 amide bonds. The van der Waals surface area contributed by atoms with Crippen LogP contribution in [0.15, 0.2) is 36.4 Å². The van der Waals surface area contributed by atoms with Crippen LogP contribution in [-0.2, 0) is 9.53 Å². The lowest BCUT2D eigenvalue weighted by Gasteiger charge is -2.07. The second kappa shape index (κ2) is 7.73. The van der Waals surface area contributed by atoms with E-state index in [0.717, 1.165) is 0 Å². The van der Waals surface area contributed by atoms with Crippen molar-refractivity contribution in [1.82, 2.24) is 5.32 Å². The van der Waals surface area contributed by atoms with Crippen LogP contribution in [-0.4, -0.2) is 31.5 Å². The van der Waals surface area contributed by atoms with Gasteiger partial charge < -0.3 is 14.8 Å². The van der Waals surface area contributed by atoms with Crippen LogP contribution in [0.5, 0.6) is 5.75 Å². The van der Waals surface area contributed by atoms with Crippen LogP contribution in [0.1, 0.15) is 17.3 Å². The molecule has 0 spiro atoms. The Kier molecular flexibility index (Phi) is 5.96. The molecule has 6 nitrogen and oxygen atoms in total. The van der Waals surface area contributed by atoms with E-state index >= 15 is 0 Å². The number of ether oxygens (including phenoxy) is 2. The minimum Gasteiger partial charge on any atom is -0.460 e. The number of hydrogen-bond acceptors (Lipinski definition) is 5. The van der Waals surface area contributed by atoms with Crippen molar-refractivity contribution in [2.24, 2.45) is 0 Å². The van der Waals surface area contributed by atoms with Crippen LogP contribution in [0.2, 0.25) is 0 Å². The van der Waals surface area contributed by atoms with Crippen molar-refractivity contribution in [1.29, 1.82) is 0 Å². The van der Waals surface area contributed by atoms with Gasteiger partial charge in [-0.3, -0.25) is 4.79 Å². The average Bonchev–Trinajstić information content (AvgIpc) is 2.44. The maximum Gasteiger partial charge on any atom is 0.412 e. The van der Waals surface area contributed by atoms with Gasteiger partial charge in [0, 0.05) is 11.1 Å². The van der Waals surface area contributed by atoms with Gasteiger partial charge in [-0.2, -0.15) is 0 Å². The second-order valence-corrected chi connectivity index (χ2v) is 3.92. The number of esters is 1. The SMILES string of the molecule is C=C(C)C(=O)OCCNC(=O)Oc1ccc(C=O)cc1. The van der Waals surface area contributed by atoms with Gasteiger partial charge in [0.15, 0.2) is 0 Å². The van der Waals surface area contributed by atoms with E-state index in [1.165, 1.54) is 31.2 Å². The van der Waals surface area contributed by atoms with Gasteiger partial charge in [0.25, 0.3) is 0 Å². The van der Waals surface area contributed by atoms with Crippen LogP contribution in [0.4, 0.5) is 4.79 Å². The molecule has 0 unspecified atom stereocenters. The van der Waals surface area contributed by atoms with Crippen molar-refractivity contribution in [2.75, 3.05) is 13.2 Å². The first-order chi connectivity index (χ1) is 9.52. The maximum absolute atomic E-state index is 11.4. The number of hydrogen-bond donors (Lipinski definition) is 1. The molecule has 0 fully saturated rings. The molecule has 1 aromatic carbocycles. The Labute approximate surface area is 116 Å². The Morgan fingerprint density at radius 3 is 2.50 bits per heavy atom. The van der Waals surface area contributed by atoms with Crippen LogP contribution < -0.4 is 10.1 Å². The van der Waals surface area contributed by atoms with Crippen molar-refractivity contribution in [2.45, 2.75) is 6.92 Å². The van der Waals surface area contributed by atoms with Gasteiger partial charge in [0.2, 0.25) is 0 Å². The molecule has 0 aliphatic carbocycles. The largest absolute Gasteiger partial charge is 0.460 e. The molecule has 0 bridgehead atoms. The first-order valence-corrected chi connectivity index (χ1v) is 5.86. The summed E-state index contributed by atoms with van der Waals surface area (Å²) in [6, 6.07) is 6.07.